The Morgan fingerprint density at radius 2 is 0.527 bits per heavy atom. The van der Waals surface area contributed by atoms with Crippen LogP contribution in [-0.2, 0) is 28.6 Å². The molecular weight excluding hydrogens is 913 g/mol. The molecule has 0 fully saturated rings. The molecule has 0 aliphatic rings. The van der Waals surface area contributed by atoms with E-state index in [-0.39, 0.29) is 31.1 Å². The number of carbonyl (C=O) groups excluding carboxylic acids is 3. The quantitative estimate of drug-likeness (QED) is 0.0261. The molecular formula is C68H120O6. The molecule has 0 heterocycles. The van der Waals surface area contributed by atoms with E-state index < -0.39 is 6.10 Å². The zero-order valence-electron chi connectivity index (χ0n) is 49.1. The van der Waals surface area contributed by atoms with E-state index in [4.69, 9.17) is 14.2 Å². The van der Waals surface area contributed by atoms with Crippen LogP contribution in [0.2, 0.25) is 0 Å². The Kier molecular flexibility index (Phi) is 59.7. The summed E-state index contributed by atoms with van der Waals surface area (Å²) < 4.78 is 16.9. The molecule has 74 heavy (non-hydrogen) atoms. The van der Waals surface area contributed by atoms with Crippen LogP contribution < -0.4 is 0 Å². The predicted octanol–water partition coefficient (Wildman–Crippen LogP) is 21.7. The topological polar surface area (TPSA) is 78.9 Å². The van der Waals surface area contributed by atoms with E-state index in [0.29, 0.717) is 19.3 Å². The lowest BCUT2D eigenvalue weighted by Crippen LogP contribution is -2.30. The molecule has 0 saturated heterocycles. The van der Waals surface area contributed by atoms with Gasteiger partial charge in [0, 0.05) is 19.3 Å². The molecule has 0 rings (SSSR count). The fourth-order valence-electron chi connectivity index (χ4n) is 9.21. The van der Waals surface area contributed by atoms with Gasteiger partial charge in [0.2, 0.25) is 0 Å². The first-order valence-corrected chi connectivity index (χ1v) is 31.9. The van der Waals surface area contributed by atoms with Crippen molar-refractivity contribution < 1.29 is 28.6 Å². The fourth-order valence-corrected chi connectivity index (χ4v) is 9.21. The summed E-state index contributed by atoms with van der Waals surface area (Å²) in [5, 5.41) is 0. The first-order valence-electron chi connectivity index (χ1n) is 31.9. The molecule has 1 unspecified atom stereocenters. The van der Waals surface area contributed by atoms with Gasteiger partial charge in [-0.05, 0) is 70.6 Å². The van der Waals surface area contributed by atoms with Gasteiger partial charge < -0.3 is 14.2 Å². The number of carbonyl (C=O) groups is 3. The summed E-state index contributed by atoms with van der Waals surface area (Å²) in [7, 11) is 0. The van der Waals surface area contributed by atoms with Crippen LogP contribution in [0.4, 0.5) is 0 Å². The van der Waals surface area contributed by atoms with Crippen molar-refractivity contribution in [2.75, 3.05) is 13.2 Å². The molecule has 428 valence electrons. The first kappa shape index (κ1) is 70.8. The lowest BCUT2D eigenvalue weighted by Gasteiger charge is -2.18. The molecule has 0 N–H and O–H groups in total. The average molecular weight is 1030 g/mol. The molecule has 1 atom stereocenters. The van der Waals surface area contributed by atoms with Crippen molar-refractivity contribution in [1.82, 2.24) is 0 Å². The highest BCUT2D eigenvalue weighted by atomic mass is 16.6. The Hall–Kier alpha value is -3.15. The van der Waals surface area contributed by atoms with Gasteiger partial charge in [-0.3, -0.25) is 14.4 Å². The number of rotatable bonds is 58. The van der Waals surface area contributed by atoms with E-state index in [1.54, 1.807) is 0 Å². The van der Waals surface area contributed by atoms with Crippen molar-refractivity contribution in [3.63, 3.8) is 0 Å². The monoisotopic (exact) mass is 1030 g/mol. The van der Waals surface area contributed by atoms with Crippen molar-refractivity contribution in [3.8, 4) is 0 Å². The van der Waals surface area contributed by atoms with Crippen LogP contribution in [-0.4, -0.2) is 37.2 Å². The maximum Gasteiger partial charge on any atom is 0.306 e. The molecule has 6 heteroatoms. The van der Waals surface area contributed by atoms with Crippen LogP contribution in [0.3, 0.4) is 0 Å². The molecule has 0 radical (unpaired) electrons. The number of hydrogen-bond acceptors (Lipinski definition) is 6. The van der Waals surface area contributed by atoms with E-state index in [1.807, 2.05) is 0 Å². The molecule has 0 aliphatic carbocycles. The molecule has 0 aromatic heterocycles. The zero-order chi connectivity index (χ0) is 53.6. The number of esters is 3. The Bertz CT molecular complexity index is 1370. The number of allylic oxidation sites excluding steroid dienone is 12. The van der Waals surface area contributed by atoms with Crippen LogP contribution >= 0.6 is 0 Å². The van der Waals surface area contributed by atoms with Crippen LogP contribution in [0.15, 0.2) is 72.9 Å². The Morgan fingerprint density at radius 1 is 0.284 bits per heavy atom. The Labute approximate surface area is 459 Å². The van der Waals surface area contributed by atoms with Crippen LogP contribution in [0.1, 0.15) is 323 Å². The lowest BCUT2D eigenvalue weighted by atomic mass is 10.0. The van der Waals surface area contributed by atoms with Crippen molar-refractivity contribution in [2.45, 2.75) is 329 Å². The normalized spacial score (nSPS) is 12.5. The minimum Gasteiger partial charge on any atom is -0.462 e. The van der Waals surface area contributed by atoms with Gasteiger partial charge >= 0.3 is 17.9 Å². The van der Waals surface area contributed by atoms with Gasteiger partial charge in [-0.1, -0.05) is 306 Å². The van der Waals surface area contributed by atoms with Crippen molar-refractivity contribution >= 4 is 17.9 Å². The summed E-state index contributed by atoms with van der Waals surface area (Å²) in [6.07, 6.45) is 80.5. The van der Waals surface area contributed by atoms with Crippen LogP contribution in [0, 0.1) is 0 Å². The molecule has 0 spiro atoms. The predicted molar refractivity (Wildman–Crippen MR) is 321 cm³/mol. The summed E-state index contributed by atoms with van der Waals surface area (Å²) in [6, 6.07) is 0. The van der Waals surface area contributed by atoms with Crippen molar-refractivity contribution in [1.29, 1.82) is 0 Å². The van der Waals surface area contributed by atoms with E-state index in [1.165, 1.54) is 173 Å². The third-order valence-electron chi connectivity index (χ3n) is 14.0. The average Bonchev–Trinajstić information content (AvgIpc) is 3.40. The molecule has 0 aromatic rings. The third kappa shape index (κ3) is 59.7. The molecule has 0 saturated carbocycles. The third-order valence-corrected chi connectivity index (χ3v) is 14.0. The van der Waals surface area contributed by atoms with E-state index >= 15 is 0 Å². The summed E-state index contributed by atoms with van der Waals surface area (Å²) in [4.78, 5) is 38.2. The van der Waals surface area contributed by atoms with Gasteiger partial charge in [-0.2, -0.15) is 0 Å². The number of ether oxygens (including phenoxy) is 3. The van der Waals surface area contributed by atoms with Gasteiger partial charge in [0.1, 0.15) is 13.2 Å². The number of unbranched alkanes of at least 4 members (excludes halogenated alkanes) is 35. The highest BCUT2D eigenvalue weighted by Gasteiger charge is 2.19. The van der Waals surface area contributed by atoms with Gasteiger partial charge in [0.15, 0.2) is 6.10 Å². The standard InChI is InChI=1S/C68H120O6/c1-4-7-10-13-16-19-22-24-26-28-30-32-34-36-37-39-41-43-46-49-52-55-58-61-67(70)73-64-65(63-72-66(69)60-57-54-51-48-45-21-18-15-12-9-6-3)74-68(71)62-59-56-53-50-47-44-42-40-38-35-33-31-29-27-25-23-20-17-14-11-8-5-2/h7,10,16,19,24,26,30,32,36-37,41,43,65H,4-6,8-9,11-15,17-18,20-23,25,27-29,31,33-35,38-40,42,44-64H2,1-3H3/b10-7-,19-16-,26-24-,32-30-,37-36-,43-41-. The molecule has 0 amide bonds. The number of hydrogen-bond donors (Lipinski definition) is 0. The van der Waals surface area contributed by atoms with Crippen LogP contribution in [0.5, 0.6) is 0 Å². The second-order valence-electron chi connectivity index (χ2n) is 21.3. The highest BCUT2D eigenvalue weighted by molar-refractivity contribution is 5.71. The van der Waals surface area contributed by atoms with Crippen LogP contribution in [0.25, 0.3) is 0 Å². The zero-order valence-corrected chi connectivity index (χ0v) is 49.1. The lowest BCUT2D eigenvalue weighted by molar-refractivity contribution is -0.167. The Balaban J connectivity index is 4.31. The maximum atomic E-state index is 12.9. The minimum absolute atomic E-state index is 0.0795. The largest absolute Gasteiger partial charge is 0.462 e. The van der Waals surface area contributed by atoms with E-state index in [2.05, 4.69) is 93.7 Å². The smallest absolute Gasteiger partial charge is 0.306 e. The van der Waals surface area contributed by atoms with Gasteiger partial charge in [0.25, 0.3) is 0 Å². The summed E-state index contributed by atoms with van der Waals surface area (Å²) in [6.45, 7) is 6.54. The molecule has 0 aromatic carbocycles. The molecule has 0 aliphatic heterocycles. The van der Waals surface area contributed by atoms with E-state index in [9.17, 15) is 14.4 Å². The second-order valence-corrected chi connectivity index (χ2v) is 21.3. The highest BCUT2D eigenvalue weighted by Crippen LogP contribution is 2.17. The van der Waals surface area contributed by atoms with Gasteiger partial charge in [0.05, 0.1) is 0 Å². The molecule has 0 bridgehead atoms. The Morgan fingerprint density at radius 3 is 0.824 bits per heavy atom. The summed E-state index contributed by atoms with van der Waals surface area (Å²) in [5.41, 5.74) is 0. The van der Waals surface area contributed by atoms with Crippen molar-refractivity contribution in [2.24, 2.45) is 0 Å². The van der Waals surface area contributed by atoms with Crippen molar-refractivity contribution in [3.05, 3.63) is 72.9 Å². The SMILES string of the molecule is CC/C=C\C/C=C\C/C=C\C/C=C\C/C=C\C/C=C\CCCCCCC(=O)OCC(COC(=O)CCCCCCCCCCCCC)OC(=O)CCCCCCCCCCCCCCCCCCCCCCCC. The first-order chi connectivity index (χ1) is 36.5. The van der Waals surface area contributed by atoms with E-state index in [0.717, 1.165) is 109 Å². The minimum atomic E-state index is -0.783. The summed E-state index contributed by atoms with van der Waals surface area (Å²) >= 11 is 0. The van der Waals surface area contributed by atoms with Gasteiger partial charge in [-0.25, -0.2) is 0 Å². The molecule has 6 nitrogen and oxygen atoms in total. The summed E-state index contributed by atoms with van der Waals surface area (Å²) in [5.74, 6) is -0.890. The van der Waals surface area contributed by atoms with Gasteiger partial charge in [-0.15, -0.1) is 0 Å². The second kappa shape index (κ2) is 62.4. The fraction of sp³-hybridized carbons (Fsp3) is 0.779. The maximum absolute atomic E-state index is 12.9.